The Morgan fingerprint density at radius 2 is 2.16 bits per heavy atom. The molecule has 1 aromatic carbocycles. The highest BCUT2D eigenvalue weighted by Gasteiger charge is 2.09. The van der Waals surface area contributed by atoms with Gasteiger partial charge in [-0.15, -0.1) is 10.2 Å². The van der Waals surface area contributed by atoms with Gasteiger partial charge in [0, 0.05) is 12.0 Å². The van der Waals surface area contributed by atoms with Gasteiger partial charge in [0.1, 0.15) is 5.75 Å². The minimum Gasteiger partial charge on any atom is -0.491 e. The lowest BCUT2D eigenvalue weighted by atomic mass is 10.2. The molecule has 2 N–H and O–H groups in total. The van der Waals surface area contributed by atoms with E-state index in [4.69, 9.17) is 14.9 Å². The van der Waals surface area contributed by atoms with Gasteiger partial charge in [-0.05, 0) is 45.0 Å². The number of hydrogen-bond donors (Lipinski definition) is 1. The SMILES string of the molecule is CC(C)Oc1cccc(-c2nnc(CCCN)o2)c1. The molecule has 0 saturated heterocycles. The van der Waals surface area contributed by atoms with Crippen LogP contribution in [0.5, 0.6) is 5.75 Å². The molecule has 0 aliphatic heterocycles. The molecule has 0 bridgehead atoms. The zero-order chi connectivity index (χ0) is 13.7. The second-order valence-electron chi connectivity index (χ2n) is 4.59. The van der Waals surface area contributed by atoms with Crippen molar-refractivity contribution in [2.24, 2.45) is 5.73 Å². The van der Waals surface area contributed by atoms with Gasteiger partial charge >= 0.3 is 0 Å². The van der Waals surface area contributed by atoms with E-state index in [1.54, 1.807) is 0 Å². The molecule has 0 spiro atoms. The largest absolute Gasteiger partial charge is 0.491 e. The van der Waals surface area contributed by atoms with Crippen LogP contribution in [-0.4, -0.2) is 22.8 Å². The second kappa shape index (κ2) is 6.33. The predicted octanol–water partition coefficient (Wildman–Crippen LogP) is 2.42. The molecule has 102 valence electrons. The van der Waals surface area contributed by atoms with Gasteiger partial charge in [0.2, 0.25) is 11.8 Å². The van der Waals surface area contributed by atoms with Gasteiger partial charge in [0.15, 0.2) is 0 Å². The van der Waals surface area contributed by atoms with E-state index in [-0.39, 0.29) is 6.10 Å². The van der Waals surface area contributed by atoms with Crippen LogP contribution in [0.1, 0.15) is 26.2 Å². The highest BCUT2D eigenvalue weighted by atomic mass is 16.5. The van der Waals surface area contributed by atoms with Crippen molar-refractivity contribution >= 4 is 0 Å². The molecule has 0 amide bonds. The van der Waals surface area contributed by atoms with Crippen LogP contribution in [0, 0.1) is 0 Å². The van der Waals surface area contributed by atoms with Crippen molar-refractivity contribution in [3.63, 3.8) is 0 Å². The summed E-state index contributed by atoms with van der Waals surface area (Å²) >= 11 is 0. The third-order valence-corrected chi connectivity index (χ3v) is 2.51. The van der Waals surface area contributed by atoms with Crippen LogP contribution in [0.15, 0.2) is 28.7 Å². The highest BCUT2D eigenvalue weighted by molar-refractivity contribution is 5.55. The van der Waals surface area contributed by atoms with Crippen LogP contribution in [-0.2, 0) is 6.42 Å². The maximum atomic E-state index is 5.64. The van der Waals surface area contributed by atoms with Crippen molar-refractivity contribution in [1.82, 2.24) is 10.2 Å². The Morgan fingerprint density at radius 1 is 1.32 bits per heavy atom. The van der Waals surface area contributed by atoms with Crippen LogP contribution >= 0.6 is 0 Å². The Morgan fingerprint density at radius 3 is 2.89 bits per heavy atom. The van der Waals surface area contributed by atoms with Gasteiger partial charge in [-0.1, -0.05) is 6.07 Å². The van der Waals surface area contributed by atoms with Gasteiger partial charge < -0.3 is 14.9 Å². The molecule has 0 aliphatic carbocycles. The number of aromatic nitrogens is 2. The summed E-state index contributed by atoms with van der Waals surface area (Å²) in [4.78, 5) is 0. The number of aryl methyl sites for hydroxylation is 1. The Labute approximate surface area is 112 Å². The van der Waals surface area contributed by atoms with E-state index in [1.165, 1.54) is 0 Å². The topological polar surface area (TPSA) is 74.2 Å². The van der Waals surface area contributed by atoms with Crippen molar-refractivity contribution in [2.75, 3.05) is 6.54 Å². The van der Waals surface area contributed by atoms with Crippen molar-refractivity contribution in [3.8, 4) is 17.2 Å². The minimum atomic E-state index is 0.137. The van der Waals surface area contributed by atoms with Gasteiger partial charge in [0.05, 0.1) is 6.10 Å². The van der Waals surface area contributed by atoms with Crippen LogP contribution < -0.4 is 10.5 Å². The molecule has 0 atom stereocenters. The molecular weight excluding hydrogens is 242 g/mol. The number of nitrogens with zero attached hydrogens (tertiary/aromatic N) is 2. The van der Waals surface area contributed by atoms with E-state index in [2.05, 4.69) is 10.2 Å². The minimum absolute atomic E-state index is 0.137. The van der Waals surface area contributed by atoms with Crippen molar-refractivity contribution in [2.45, 2.75) is 32.8 Å². The van der Waals surface area contributed by atoms with Crippen molar-refractivity contribution in [1.29, 1.82) is 0 Å². The van der Waals surface area contributed by atoms with Gasteiger partial charge in [-0.2, -0.15) is 0 Å². The average molecular weight is 261 g/mol. The maximum Gasteiger partial charge on any atom is 0.247 e. The summed E-state index contributed by atoms with van der Waals surface area (Å²) in [7, 11) is 0. The Balaban J connectivity index is 2.14. The summed E-state index contributed by atoms with van der Waals surface area (Å²) in [6.45, 7) is 4.60. The lowest BCUT2D eigenvalue weighted by molar-refractivity contribution is 0.242. The standard InChI is InChI=1S/C14H19N3O2/c1-10(2)18-12-6-3-5-11(9-12)14-17-16-13(19-14)7-4-8-15/h3,5-6,9-10H,4,7-8,15H2,1-2H3. The van der Waals surface area contributed by atoms with E-state index < -0.39 is 0 Å². The molecule has 1 heterocycles. The smallest absolute Gasteiger partial charge is 0.247 e. The molecule has 0 saturated carbocycles. The molecule has 5 nitrogen and oxygen atoms in total. The van der Waals surface area contributed by atoms with Gasteiger partial charge in [-0.25, -0.2) is 0 Å². The van der Waals surface area contributed by atoms with Gasteiger partial charge in [-0.3, -0.25) is 0 Å². The summed E-state index contributed by atoms with van der Waals surface area (Å²) < 4.78 is 11.2. The molecule has 2 aromatic rings. The quantitative estimate of drug-likeness (QED) is 0.864. The molecule has 0 fully saturated rings. The highest BCUT2D eigenvalue weighted by Crippen LogP contribution is 2.23. The van der Waals surface area contributed by atoms with Crippen LogP contribution in [0.25, 0.3) is 11.5 Å². The third kappa shape index (κ3) is 3.79. The summed E-state index contributed by atoms with van der Waals surface area (Å²) in [6, 6.07) is 7.65. The van der Waals surface area contributed by atoms with Crippen LogP contribution in [0.4, 0.5) is 0 Å². The number of ether oxygens (including phenoxy) is 1. The first-order chi connectivity index (χ1) is 9.19. The van der Waals surface area contributed by atoms with E-state index in [0.29, 0.717) is 24.7 Å². The fourth-order valence-corrected chi connectivity index (χ4v) is 1.70. The number of rotatable bonds is 6. The molecule has 1 aromatic heterocycles. The second-order valence-corrected chi connectivity index (χ2v) is 4.59. The van der Waals surface area contributed by atoms with Crippen LogP contribution in [0.3, 0.4) is 0 Å². The molecule has 19 heavy (non-hydrogen) atoms. The summed E-state index contributed by atoms with van der Waals surface area (Å²) in [5.41, 5.74) is 6.32. The predicted molar refractivity (Wildman–Crippen MR) is 72.9 cm³/mol. The molecule has 0 unspecified atom stereocenters. The van der Waals surface area contributed by atoms with Crippen molar-refractivity contribution < 1.29 is 9.15 Å². The first kappa shape index (κ1) is 13.5. The molecule has 0 radical (unpaired) electrons. The molecule has 2 rings (SSSR count). The Kier molecular flexibility index (Phi) is 4.52. The fraction of sp³-hybridized carbons (Fsp3) is 0.429. The Hall–Kier alpha value is -1.88. The summed E-state index contributed by atoms with van der Waals surface area (Å²) in [6.07, 6.45) is 1.70. The van der Waals surface area contributed by atoms with Gasteiger partial charge in [0.25, 0.3) is 0 Å². The monoisotopic (exact) mass is 261 g/mol. The van der Waals surface area contributed by atoms with Crippen LogP contribution in [0.2, 0.25) is 0 Å². The maximum absolute atomic E-state index is 5.64. The average Bonchev–Trinajstić information content (AvgIpc) is 2.84. The summed E-state index contributed by atoms with van der Waals surface area (Å²) in [5, 5.41) is 8.05. The first-order valence-electron chi connectivity index (χ1n) is 6.48. The van der Waals surface area contributed by atoms with E-state index in [1.807, 2.05) is 38.1 Å². The third-order valence-electron chi connectivity index (χ3n) is 2.51. The lowest BCUT2D eigenvalue weighted by Crippen LogP contribution is -2.05. The molecule has 0 aliphatic rings. The zero-order valence-corrected chi connectivity index (χ0v) is 11.3. The number of hydrogen-bond acceptors (Lipinski definition) is 5. The zero-order valence-electron chi connectivity index (χ0n) is 11.3. The first-order valence-corrected chi connectivity index (χ1v) is 6.48. The Bertz CT molecular complexity index is 523. The van der Waals surface area contributed by atoms with E-state index >= 15 is 0 Å². The number of nitrogens with two attached hydrogens (primary N) is 1. The molecule has 5 heteroatoms. The van der Waals surface area contributed by atoms with E-state index in [9.17, 15) is 0 Å². The molecular formula is C14H19N3O2. The number of benzene rings is 1. The van der Waals surface area contributed by atoms with Crippen molar-refractivity contribution in [3.05, 3.63) is 30.2 Å². The lowest BCUT2D eigenvalue weighted by Gasteiger charge is -2.09. The fourth-order valence-electron chi connectivity index (χ4n) is 1.70. The summed E-state index contributed by atoms with van der Waals surface area (Å²) in [5.74, 6) is 1.94. The van der Waals surface area contributed by atoms with E-state index in [0.717, 1.165) is 17.7 Å². The normalized spacial score (nSPS) is 10.9.